The summed E-state index contributed by atoms with van der Waals surface area (Å²) in [5.41, 5.74) is 2.75. The van der Waals surface area contributed by atoms with Crippen molar-refractivity contribution in [2.75, 3.05) is 5.32 Å². The van der Waals surface area contributed by atoms with Crippen molar-refractivity contribution in [3.05, 3.63) is 63.2 Å². The lowest BCUT2D eigenvalue weighted by Gasteiger charge is -2.06. The van der Waals surface area contributed by atoms with Crippen molar-refractivity contribution in [1.82, 2.24) is 14.5 Å². The van der Waals surface area contributed by atoms with E-state index in [2.05, 4.69) is 20.7 Å². The molecule has 2 heterocycles. The molecule has 5 nitrogen and oxygen atoms in total. The summed E-state index contributed by atoms with van der Waals surface area (Å²) < 4.78 is 1.56. The van der Waals surface area contributed by atoms with E-state index in [0.717, 1.165) is 22.1 Å². The molecule has 0 aliphatic rings. The number of anilines is 1. The number of benzene rings is 1. The van der Waals surface area contributed by atoms with E-state index in [1.165, 1.54) is 0 Å². The van der Waals surface area contributed by atoms with Crippen LogP contribution in [0.1, 0.15) is 10.7 Å². The van der Waals surface area contributed by atoms with Gasteiger partial charge in [-0.05, 0) is 31.2 Å². The maximum atomic E-state index is 11.5. The highest BCUT2D eigenvalue weighted by molar-refractivity contribution is 7.09. The van der Waals surface area contributed by atoms with Gasteiger partial charge >= 0.3 is 5.69 Å². The average molecular weight is 286 g/mol. The number of hydrogen-bond acceptors (Lipinski definition) is 4. The topological polar surface area (TPSA) is 62.7 Å². The molecule has 2 N–H and O–H groups in total. The highest BCUT2D eigenvalue weighted by Crippen LogP contribution is 2.14. The normalized spacial score (nSPS) is 10.7. The minimum absolute atomic E-state index is 0.136. The van der Waals surface area contributed by atoms with Gasteiger partial charge in [-0.25, -0.2) is 9.78 Å². The quantitative estimate of drug-likeness (QED) is 0.774. The number of aromatic amines is 1. The Labute approximate surface area is 119 Å². The number of hydrogen-bond donors (Lipinski definition) is 2. The molecule has 102 valence electrons. The van der Waals surface area contributed by atoms with Gasteiger partial charge in [0.1, 0.15) is 0 Å². The first-order valence-corrected chi connectivity index (χ1v) is 7.12. The average Bonchev–Trinajstić information content (AvgIpc) is 3.06. The molecule has 0 spiro atoms. The largest absolute Gasteiger partial charge is 0.379 e. The number of nitrogens with zero attached hydrogens (tertiary/aromatic N) is 2. The highest BCUT2D eigenvalue weighted by Gasteiger charge is 2.01. The summed E-state index contributed by atoms with van der Waals surface area (Å²) >= 11 is 1.65. The van der Waals surface area contributed by atoms with Crippen molar-refractivity contribution < 1.29 is 0 Å². The smallest absolute Gasteiger partial charge is 0.330 e. The van der Waals surface area contributed by atoms with Crippen molar-refractivity contribution in [3.8, 4) is 5.69 Å². The molecule has 0 saturated carbocycles. The molecule has 0 unspecified atom stereocenters. The van der Waals surface area contributed by atoms with E-state index in [0.29, 0.717) is 6.54 Å². The van der Waals surface area contributed by atoms with Crippen LogP contribution in [0.3, 0.4) is 0 Å². The molecule has 0 amide bonds. The monoisotopic (exact) mass is 286 g/mol. The molecule has 3 rings (SSSR count). The van der Waals surface area contributed by atoms with Crippen LogP contribution in [-0.2, 0) is 6.54 Å². The summed E-state index contributed by atoms with van der Waals surface area (Å²) in [6.45, 7) is 2.70. The van der Waals surface area contributed by atoms with Gasteiger partial charge in [-0.15, -0.1) is 11.3 Å². The Balaban J connectivity index is 1.70. The molecular weight excluding hydrogens is 272 g/mol. The Bertz CT molecular complexity index is 754. The number of H-pyrrole nitrogens is 1. The van der Waals surface area contributed by atoms with Crippen LogP contribution in [-0.4, -0.2) is 14.5 Å². The Morgan fingerprint density at radius 3 is 2.75 bits per heavy atom. The molecule has 0 aliphatic heterocycles. The van der Waals surface area contributed by atoms with Crippen LogP contribution in [0.25, 0.3) is 5.69 Å². The summed E-state index contributed by atoms with van der Waals surface area (Å²) in [5, 5.41) is 6.44. The number of nitrogens with one attached hydrogen (secondary N) is 2. The molecule has 0 atom stereocenters. The third-order valence-electron chi connectivity index (χ3n) is 2.93. The van der Waals surface area contributed by atoms with Crippen molar-refractivity contribution in [1.29, 1.82) is 0 Å². The minimum atomic E-state index is -0.136. The second kappa shape index (κ2) is 5.34. The third-order valence-corrected chi connectivity index (χ3v) is 3.76. The lowest BCUT2D eigenvalue weighted by molar-refractivity contribution is 0.986. The second-order valence-electron chi connectivity index (χ2n) is 4.39. The molecule has 0 radical (unpaired) electrons. The molecule has 0 fully saturated rings. The van der Waals surface area contributed by atoms with Crippen LogP contribution in [0.15, 0.2) is 46.8 Å². The zero-order valence-corrected chi connectivity index (χ0v) is 11.8. The number of thiazole rings is 1. The van der Waals surface area contributed by atoms with E-state index < -0.39 is 0 Å². The van der Waals surface area contributed by atoms with E-state index in [4.69, 9.17) is 0 Å². The molecule has 0 aliphatic carbocycles. The Morgan fingerprint density at radius 1 is 1.35 bits per heavy atom. The van der Waals surface area contributed by atoms with Gasteiger partial charge in [-0.2, -0.15) is 0 Å². The van der Waals surface area contributed by atoms with Gasteiger partial charge in [0, 0.05) is 23.5 Å². The fourth-order valence-corrected chi connectivity index (χ4v) is 2.56. The maximum Gasteiger partial charge on any atom is 0.330 e. The van der Waals surface area contributed by atoms with Crippen LogP contribution in [0.2, 0.25) is 0 Å². The Hall–Kier alpha value is -2.34. The van der Waals surface area contributed by atoms with Gasteiger partial charge in [-0.3, -0.25) is 4.57 Å². The van der Waals surface area contributed by atoms with Crippen molar-refractivity contribution in [2.24, 2.45) is 0 Å². The van der Waals surface area contributed by atoms with Crippen LogP contribution in [0, 0.1) is 6.92 Å². The van der Waals surface area contributed by atoms with E-state index in [9.17, 15) is 4.79 Å². The molecule has 2 aromatic heterocycles. The number of aromatic nitrogens is 3. The van der Waals surface area contributed by atoms with Crippen LogP contribution < -0.4 is 11.0 Å². The lowest BCUT2D eigenvalue weighted by Crippen LogP contribution is -2.13. The fraction of sp³-hybridized carbons (Fsp3) is 0.143. The van der Waals surface area contributed by atoms with Crippen molar-refractivity contribution in [2.45, 2.75) is 13.5 Å². The molecule has 6 heteroatoms. The molecule has 0 saturated heterocycles. The summed E-state index contributed by atoms with van der Waals surface area (Å²) in [4.78, 5) is 18.5. The van der Waals surface area contributed by atoms with Gasteiger partial charge in [0.2, 0.25) is 0 Å². The maximum absolute atomic E-state index is 11.5. The molecular formula is C14H14N4OS. The molecule has 0 bridgehead atoms. The first kappa shape index (κ1) is 12.7. The molecule has 3 aromatic rings. The van der Waals surface area contributed by atoms with E-state index in [-0.39, 0.29) is 5.69 Å². The zero-order valence-electron chi connectivity index (χ0n) is 11.0. The van der Waals surface area contributed by atoms with E-state index in [1.54, 1.807) is 28.3 Å². The molecule has 1 aromatic carbocycles. The van der Waals surface area contributed by atoms with Gasteiger partial charge in [-0.1, -0.05) is 0 Å². The van der Waals surface area contributed by atoms with Gasteiger partial charge in [0.25, 0.3) is 0 Å². The van der Waals surface area contributed by atoms with Crippen molar-refractivity contribution in [3.63, 3.8) is 0 Å². The first-order valence-electron chi connectivity index (χ1n) is 6.24. The van der Waals surface area contributed by atoms with E-state index in [1.807, 2.05) is 31.2 Å². The Morgan fingerprint density at radius 2 is 2.15 bits per heavy atom. The first-order chi connectivity index (χ1) is 9.72. The summed E-state index contributed by atoms with van der Waals surface area (Å²) in [5.74, 6) is 0. The summed E-state index contributed by atoms with van der Waals surface area (Å²) in [6.07, 6.45) is 3.34. The SMILES string of the molecule is Cc1nc(CNc2ccc(-n3cc[nH]c3=O)cc2)cs1. The predicted octanol–water partition coefficient (Wildman–Crippen LogP) is 2.54. The number of rotatable bonds is 4. The number of imidazole rings is 1. The van der Waals surface area contributed by atoms with Crippen LogP contribution in [0.4, 0.5) is 5.69 Å². The standard InChI is InChI=1S/C14H14N4OS/c1-10-17-12(9-20-10)8-16-11-2-4-13(5-3-11)18-7-6-15-14(18)19/h2-7,9,16H,8H2,1H3,(H,15,19). The van der Waals surface area contributed by atoms with Crippen molar-refractivity contribution >= 4 is 17.0 Å². The fourth-order valence-electron chi connectivity index (χ4n) is 1.95. The third kappa shape index (κ3) is 2.65. The lowest BCUT2D eigenvalue weighted by atomic mass is 10.2. The number of aryl methyl sites for hydroxylation is 1. The van der Waals surface area contributed by atoms with Gasteiger partial charge in [0.05, 0.1) is 22.9 Å². The van der Waals surface area contributed by atoms with Crippen LogP contribution >= 0.6 is 11.3 Å². The van der Waals surface area contributed by atoms with Gasteiger partial charge in [0.15, 0.2) is 0 Å². The zero-order chi connectivity index (χ0) is 13.9. The van der Waals surface area contributed by atoms with Gasteiger partial charge < -0.3 is 10.3 Å². The Kier molecular flexibility index (Phi) is 3.39. The predicted molar refractivity (Wildman–Crippen MR) is 80.6 cm³/mol. The van der Waals surface area contributed by atoms with E-state index >= 15 is 0 Å². The minimum Gasteiger partial charge on any atom is -0.379 e. The highest BCUT2D eigenvalue weighted by atomic mass is 32.1. The molecule has 20 heavy (non-hydrogen) atoms. The summed E-state index contributed by atoms with van der Waals surface area (Å²) in [7, 11) is 0. The van der Waals surface area contributed by atoms with Crippen LogP contribution in [0.5, 0.6) is 0 Å². The second-order valence-corrected chi connectivity index (χ2v) is 5.46. The summed E-state index contributed by atoms with van der Waals surface area (Å²) in [6, 6.07) is 7.72.